The summed E-state index contributed by atoms with van der Waals surface area (Å²) in [5.74, 6) is 0.138. The summed E-state index contributed by atoms with van der Waals surface area (Å²) in [7, 11) is 0. The molecule has 5 nitrogen and oxygen atoms in total. The predicted octanol–water partition coefficient (Wildman–Crippen LogP) is 2.04. The second-order valence-corrected chi connectivity index (χ2v) is 7.28. The molecule has 1 aromatic carbocycles. The van der Waals surface area contributed by atoms with E-state index in [9.17, 15) is 4.79 Å². The van der Waals surface area contributed by atoms with Crippen LogP contribution >= 0.6 is 24.8 Å². The second-order valence-electron chi connectivity index (χ2n) is 7.28. The maximum Gasteiger partial charge on any atom is 0.234 e. The van der Waals surface area contributed by atoms with Crippen LogP contribution in [0.1, 0.15) is 31.2 Å². The molecule has 0 radical (unpaired) electrons. The Bertz CT molecular complexity index is 530. The molecule has 0 aromatic heterocycles. The van der Waals surface area contributed by atoms with Crippen LogP contribution in [0, 0.1) is 0 Å². The van der Waals surface area contributed by atoms with Crippen molar-refractivity contribution < 1.29 is 4.79 Å². The monoisotopic (exact) mass is 402 g/mol. The number of carbonyl (C=O) groups is 1. The summed E-state index contributed by atoms with van der Waals surface area (Å²) in [6.07, 6.45) is 4.41. The molecule has 3 N–H and O–H groups in total. The maximum absolute atomic E-state index is 12.4. The van der Waals surface area contributed by atoms with E-state index in [0.717, 1.165) is 45.6 Å². The predicted molar refractivity (Wildman–Crippen MR) is 111 cm³/mol. The third kappa shape index (κ3) is 6.39. The number of carbonyl (C=O) groups excluding carboxylic acids is 1. The number of nitrogens with zero attached hydrogens (tertiary/aromatic N) is 2. The van der Waals surface area contributed by atoms with Crippen LogP contribution in [0.2, 0.25) is 0 Å². The van der Waals surface area contributed by atoms with Gasteiger partial charge in [-0.25, -0.2) is 0 Å². The normalized spacial score (nSPS) is 20.0. The van der Waals surface area contributed by atoms with Crippen LogP contribution in [0.3, 0.4) is 0 Å². The highest BCUT2D eigenvalue weighted by atomic mass is 35.5. The Morgan fingerprint density at radius 3 is 2.15 bits per heavy atom. The molecule has 26 heavy (non-hydrogen) atoms. The minimum absolute atomic E-state index is 0. The van der Waals surface area contributed by atoms with Gasteiger partial charge in [0.1, 0.15) is 0 Å². The number of amides is 1. The van der Waals surface area contributed by atoms with Gasteiger partial charge in [0.25, 0.3) is 0 Å². The van der Waals surface area contributed by atoms with Crippen LogP contribution in [-0.2, 0) is 11.3 Å². The van der Waals surface area contributed by atoms with Gasteiger partial charge < -0.3 is 11.1 Å². The summed E-state index contributed by atoms with van der Waals surface area (Å²) in [5.41, 5.74) is 7.13. The molecule has 7 heteroatoms. The van der Waals surface area contributed by atoms with Crippen molar-refractivity contribution in [2.24, 2.45) is 5.73 Å². The molecule has 1 aliphatic carbocycles. The molecule has 0 bridgehead atoms. The van der Waals surface area contributed by atoms with Gasteiger partial charge in [0.05, 0.1) is 12.1 Å². The van der Waals surface area contributed by atoms with Crippen molar-refractivity contribution in [3.05, 3.63) is 35.9 Å². The summed E-state index contributed by atoms with van der Waals surface area (Å²) < 4.78 is 0. The molecule has 1 aromatic rings. The minimum atomic E-state index is -0.133. The van der Waals surface area contributed by atoms with Gasteiger partial charge in [0.15, 0.2) is 0 Å². The first-order valence-electron chi connectivity index (χ1n) is 9.19. The fraction of sp³-hybridized carbons (Fsp3) is 0.632. The number of rotatable bonds is 6. The Labute approximate surface area is 169 Å². The fourth-order valence-electron chi connectivity index (χ4n) is 3.92. The molecule has 148 valence electrons. The van der Waals surface area contributed by atoms with Gasteiger partial charge in [0, 0.05) is 39.3 Å². The summed E-state index contributed by atoms with van der Waals surface area (Å²) >= 11 is 0. The molecule has 1 saturated carbocycles. The van der Waals surface area contributed by atoms with Gasteiger partial charge in [-0.05, 0) is 18.4 Å². The Hall–Kier alpha value is -0.850. The van der Waals surface area contributed by atoms with E-state index in [0.29, 0.717) is 13.1 Å². The number of hydrogen-bond acceptors (Lipinski definition) is 4. The zero-order valence-corrected chi connectivity index (χ0v) is 17.0. The highest BCUT2D eigenvalue weighted by Crippen LogP contribution is 2.28. The highest BCUT2D eigenvalue weighted by Gasteiger charge is 2.34. The third-order valence-corrected chi connectivity index (χ3v) is 5.44. The van der Waals surface area contributed by atoms with Crippen molar-refractivity contribution in [1.29, 1.82) is 0 Å². The molecule has 1 aliphatic heterocycles. The number of benzene rings is 1. The summed E-state index contributed by atoms with van der Waals surface area (Å²) in [6, 6.07) is 10.6. The quantitative estimate of drug-likeness (QED) is 0.763. The number of halogens is 2. The lowest BCUT2D eigenvalue weighted by molar-refractivity contribution is -0.124. The molecular weight excluding hydrogens is 371 g/mol. The standard InChI is InChI=1S/C19H30N4O.2ClH/c20-16-19(8-4-5-9-19)21-18(24)15-23-12-10-22(11-13-23)14-17-6-2-1-3-7-17;;/h1-3,6-7H,4-5,8-16,20H2,(H,21,24);2*1H. The van der Waals surface area contributed by atoms with Crippen molar-refractivity contribution >= 4 is 30.7 Å². The van der Waals surface area contributed by atoms with Gasteiger partial charge >= 0.3 is 0 Å². The van der Waals surface area contributed by atoms with Crippen molar-refractivity contribution in [2.45, 2.75) is 37.8 Å². The molecule has 1 amide bonds. The number of piperazine rings is 1. The van der Waals surface area contributed by atoms with E-state index in [4.69, 9.17) is 5.73 Å². The molecule has 2 fully saturated rings. The smallest absolute Gasteiger partial charge is 0.234 e. The second kappa shape index (κ2) is 11.1. The largest absolute Gasteiger partial charge is 0.348 e. The topological polar surface area (TPSA) is 61.6 Å². The average Bonchev–Trinajstić information content (AvgIpc) is 3.06. The summed E-state index contributed by atoms with van der Waals surface area (Å²) in [5, 5.41) is 3.22. The minimum Gasteiger partial charge on any atom is -0.348 e. The van der Waals surface area contributed by atoms with Crippen molar-refractivity contribution in [3.8, 4) is 0 Å². The van der Waals surface area contributed by atoms with Gasteiger partial charge in [-0.2, -0.15) is 0 Å². The SMILES string of the molecule is Cl.Cl.NCC1(NC(=O)CN2CCN(Cc3ccccc3)CC2)CCCC1. The van der Waals surface area contributed by atoms with Crippen LogP contribution in [-0.4, -0.2) is 60.5 Å². The molecule has 0 spiro atoms. The van der Waals surface area contributed by atoms with E-state index in [1.54, 1.807) is 0 Å². The first kappa shape index (κ1) is 23.2. The molecule has 0 atom stereocenters. The van der Waals surface area contributed by atoms with E-state index < -0.39 is 0 Å². The average molecular weight is 403 g/mol. The molecule has 3 rings (SSSR count). The van der Waals surface area contributed by atoms with Gasteiger partial charge in [-0.3, -0.25) is 14.6 Å². The van der Waals surface area contributed by atoms with Crippen molar-refractivity contribution in [3.63, 3.8) is 0 Å². The number of nitrogens with one attached hydrogen (secondary N) is 1. The van der Waals surface area contributed by atoms with Crippen LogP contribution in [0.25, 0.3) is 0 Å². The zero-order chi connectivity index (χ0) is 16.8. The Morgan fingerprint density at radius 1 is 1.00 bits per heavy atom. The van der Waals surface area contributed by atoms with Crippen LogP contribution in [0.15, 0.2) is 30.3 Å². The van der Waals surface area contributed by atoms with E-state index in [1.165, 1.54) is 18.4 Å². The molecular formula is C19H32Cl2N4O. The zero-order valence-electron chi connectivity index (χ0n) is 15.4. The highest BCUT2D eigenvalue weighted by molar-refractivity contribution is 5.85. The van der Waals surface area contributed by atoms with E-state index >= 15 is 0 Å². The van der Waals surface area contributed by atoms with Crippen LogP contribution in [0.5, 0.6) is 0 Å². The first-order valence-corrected chi connectivity index (χ1v) is 9.19. The van der Waals surface area contributed by atoms with Gasteiger partial charge in [-0.15, -0.1) is 24.8 Å². The first-order chi connectivity index (χ1) is 11.7. The Morgan fingerprint density at radius 2 is 1.58 bits per heavy atom. The van der Waals surface area contributed by atoms with Crippen molar-refractivity contribution in [1.82, 2.24) is 15.1 Å². The van der Waals surface area contributed by atoms with Gasteiger partial charge in [0.2, 0.25) is 5.91 Å². The van der Waals surface area contributed by atoms with Crippen molar-refractivity contribution in [2.75, 3.05) is 39.3 Å². The molecule has 2 aliphatic rings. The van der Waals surface area contributed by atoms with E-state index in [1.807, 2.05) is 0 Å². The van der Waals surface area contributed by atoms with Gasteiger partial charge in [-0.1, -0.05) is 43.2 Å². The number of nitrogens with two attached hydrogens (primary N) is 1. The summed E-state index contributed by atoms with van der Waals surface area (Å²) in [6.45, 7) is 6.00. The molecule has 1 saturated heterocycles. The fourth-order valence-corrected chi connectivity index (χ4v) is 3.92. The Kier molecular flexibility index (Phi) is 9.90. The maximum atomic E-state index is 12.4. The third-order valence-electron chi connectivity index (χ3n) is 5.44. The lowest BCUT2D eigenvalue weighted by Crippen LogP contribution is -2.55. The van der Waals surface area contributed by atoms with E-state index in [2.05, 4.69) is 45.4 Å². The lowest BCUT2D eigenvalue weighted by Gasteiger charge is -2.35. The van der Waals surface area contributed by atoms with E-state index in [-0.39, 0.29) is 36.3 Å². The Balaban J connectivity index is 0.00000169. The molecule has 1 heterocycles. The van der Waals surface area contributed by atoms with Crippen LogP contribution < -0.4 is 11.1 Å². The molecule has 0 unspecified atom stereocenters. The summed E-state index contributed by atoms with van der Waals surface area (Å²) in [4.78, 5) is 17.1. The lowest BCUT2D eigenvalue weighted by atomic mass is 9.98. The number of hydrogen-bond donors (Lipinski definition) is 2. The van der Waals surface area contributed by atoms with Crippen LogP contribution in [0.4, 0.5) is 0 Å².